The van der Waals surface area contributed by atoms with Gasteiger partial charge >= 0.3 is 6.18 Å². The molecule has 1 N–H and O–H groups in total. The Bertz CT molecular complexity index is 1080. The number of hydrogen-bond acceptors (Lipinski definition) is 4. The van der Waals surface area contributed by atoms with Gasteiger partial charge < -0.3 is 4.90 Å². The van der Waals surface area contributed by atoms with Crippen LogP contribution in [0, 0.1) is 0 Å². The zero-order valence-electron chi connectivity index (χ0n) is 17.5. The molecular weight excluding hydrogens is 467 g/mol. The van der Waals surface area contributed by atoms with Crippen molar-refractivity contribution in [2.75, 3.05) is 13.1 Å². The number of pyridine rings is 1. The van der Waals surface area contributed by atoms with Crippen LogP contribution in [0.15, 0.2) is 41.4 Å². The molecule has 0 spiro atoms. The average molecular weight is 490 g/mol. The Kier molecular flexibility index (Phi) is 7.16. The van der Waals surface area contributed by atoms with E-state index < -0.39 is 32.7 Å². The summed E-state index contributed by atoms with van der Waals surface area (Å²) >= 11 is 5.72. The third-order valence-corrected chi connectivity index (χ3v) is 7.15. The number of alkyl halides is 3. The lowest BCUT2D eigenvalue weighted by atomic mass is 10.0. The SMILES string of the molecule is CC(C)c1ccc(S(=O)(=O)NC2CCN(C(=O)c3ccc(Cl)nc3)CC2)c(C(F)(F)F)c1. The normalized spacial score (nSPS) is 15.9. The van der Waals surface area contributed by atoms with Gasteiger partial charge in [0.05, 0.1) is 16.0 Å². The van der Waals surface area contributed by atoms with Crippen molar-refractivity contribution in [2.24, 2.45) is 0 Å². The van der Waals surface area contributed by atoms with Crippen molar-refractivity contribution >= 4 is 27.5 Å². The van der Waals surface area contributed by atoms with Gasteiger partial charge in [-0.25, -0.2) is 18.1 Å². The molecule has 174 valence electrons. The van der Waals surface area contributed by atoms with Crippen LogP contribution >= 0.6 is 11.6 Å². The fourth-order valence-electron chi connectivity index (χ4n) is 3.53. The van der Waals surface area contributed by atoms with Crippen LogP contribution in [0.3, 0.4) is 0 Å². The number of hydrogen-bond donors (Lipinski definition) is 1. The maximum Gasteiger partial charge on any atom is 0.417 e. The number of likely N-dealkylation sites (tertiary alicyclic amines) is 1. The van der Waals surface area contributed by atoms with Crippen molar-refractivity contribution < 1.29 is 26.4 Å². The van der Waals surface area contributed by atoms with Gasteiger partial charge in [-0.1, -0.05) is 31.5 Å². The molecule has 32 heavy (non-hydrogen) atoms. The van der Waals surface area contributed by atoms with Gasteiger partial charge in [0.25, 0.3) is 5.91 Å². The number of halogens is 4. The molecule has 1 aliphatic heterocycles. The van der Waals surface area contributed by atoms with Gasteiger partial charge in [-0.15, -0.1) is 0 Å². The summed E-state index contributed by atoms with van der Waals surface area (Å²) in [5.41, 5.74) is -0.424. The molecule has 0 aliphatic carbocycles. The highest BCUT2D eigenvalue weighted by Crippen LogP contribution is 2.36. The Hall–Kier alpha value is -2.17. The average Bonchev–Trinajstić information content (AvgIpc) is 2.73. The number of amides is 1. The quantitative estimate of drug-likeness (QED) is 0.629. The Labute approximate surface area is 189 Å². The van der Waals surface area contributed by atoms with Gasteiger partial charge in [0.2, 0.25) is 10.0 Å². The van der Waals surface area contributed by atoms with Crippen LogP contribution in [-0.4, -0.2) is 43.3 Å². The fraction of sp³-hybridized carbons (Fsp3) is 0.429. The minimum absolute atomic E-state index is 0.182. The predicted molar refractivity (Wildman–Crippen MR) is 114 cm³/mol. The maximum absolute atomic E-state index is 13.6. The molecule has 6 nitrogen and oxygen atoms in total. The van der Waals surface area contributed by atoms with Gasteiger partial charge in [-0.05, 0) is 48.6 Å². The highest BCUT2D eigenvalue weighted by atomic mass is 35.5. The van der Waals surface area contributed by atoms with Crippen molar-refractivity contribution in [3.05, 3.63) is 58.4 Å². The standard InChI is InChI=1S/C21H23ClF3N3O3S/c1-13(2)14-3-5-18(17(11-14)21(23,24)25)32(30,31)27-16-7-9-28(10-8-16)20(29)15-4-6-19(22)26-12-15/h3-6,11-13,16,27H,7-10H2,1-2H3. The van der Waals surface area contributed by atoms with Crippen molar-refractivity contribution in [1.29, 1.82) is 0 Å². The molecule has 1 saturated heterocycles. The lowest BCUT2D eigenvalue weighted by Gasteiger charge is -2.32. The highest BCUT2D eigenvalue weighted by molar-refractivity contribution is 7.89. The molecule has 1 amide bonds. The van der Waals surface area contributed by atoms with Gasteiger partial charge in [0.15, 0.2) is 0 Å². The molecule has 0 atom stereocenters. The van der Waals surface area contributed by atoms with E-state index in [0.29, 0.717) is 11.1 Å². The summed E-state index contributed by atoms with van der Waals surface area (Å²) in [7, 11) is -4.41. The van der Waals surface area contributed by atoms with E-state index in [1.807, 2.05) is 0 Å². The largest absolute Gasteiger partial charge is 0.417 e. The number of rotatable bonds is 5. The van der Waals surface area contributed by atoms with Crippen molar-refractivity contribution in [3.8, 4) is 0 Å². The number of piperidine rings is 1. The molecular formula is C21H23ClF3N3O3S. The summed E-state index contributed by atoms with van der Waals surface area (Å²) in [5.74, 6) is -0.447. The highest BCUT2D eigenvalue weighted by Gasteiger charge is 2.38. The van der Waals surface area contributed by atoms with Crippen LogP contribution in [0.1, 0.15) is 54.1 Å². The van der Waals surface area contributed by atoms with E-state index in [0.717, 1.165) is 12.1 Å². The molecule has 3 rings (SSSR count). The first kappa shape index (κ1) is 24.5. The molecule has 11 heteroatoms. The summed E-state index contributed by atoms with van der Waals surface area (Å²) in [5, 5.41) is 0.259. The number of benzene rings is 1. The first-order valence-corrected chi connectivity index (χ1v) is 11.9. The molecule has 0 bridgehead atoms. The number of aromatic nitrogens is 1. The zero-order chi connectivity index (χ0) is 23.7. The summed E-state index contributed by atoms with van der Waals surface area (Å²) in [6.45, 7) is 3.98. The molecule has 1 aliphatic rings. The van der Waals surface area contributed by atoms with Gasteiger partial charge in [-0.2, -0.15) is 13.2 Å². The second-order valence-electron chi connectivity index (χ2n) is 7.97. The molecule has 1 fully saturated rings. The van der Waals surface area contributed by atoms with Crippen LogP contribution in [0.5, 0.6) is 0 Å². The van der Waals surface area contributed by atoms with Crippen LogP contribution < -0.4 is 4.72 Å². The smallest absolute Gasteiger partial charge is 0.338 e. The lowest BCUT2D eigenvalue weighted by Crippen LogP contribution is -2.46. The number of carbonyl (C=O) groups is 1. The molecule has 1 aromatic carbocycles. The van der Waals surface area contributed by atoms with Crippen LogP contribution in [-0.2, 0) is 16.2 Å². The van der Waals surface area contributed by atoms with Gasteiger partial charge in [0, 0.05) is 25.3 Å². The Morgan fingerprint density at radius 1 is 1.19 bits per heavy atom. The Morgan fingerprint density at radius 3 is 2.38 bits per heavy atom. The topological polar surface area (TPSA) is 79.4 Å². The molecule has 0 saturated carbocycles. The lowest BCUT2D eigenvalue weighted by molar-refractivity contribution is -0.140. The number of sulfonamides is 1. The van der Waals surface area contributed by atoms with Crippen molar-refractivity contribution in [1.82, 2.24) is 14.6 Å². The van der Waals surface area contributed by atoms with E-state index >= 15 is 0 Å². The molecule has 0 unspecified atom stereocenters. The molecule has 0 radical (unpaired) electrons. The third-order valence-electron chi connectivity index (χ3n) is 5.34. The minimum Gasteiger partial charge on any atom is -0.338 e. The molecule has 1 aromatic heterocycles. The van der Waals surface area contributed by atoms with E-state index in [1.165, 1.54) is 18.3 Å². The van der Waals surface area contributed by atoms with Crippen LogP contribution in [0.2, 0.25) is 5.15 Å². The Balaban J connectivity index is 1.72. The molecule has 2 aromatic rings. The summed E-state index contributed by atoms with van der Waals surface area (Å²) in [6.07, 6.45) is -2.90. The zero-order valence-corrected chi connectivity index (χ0v) is 19.1. The maximum atomic E-state index is 13.6. The predicted octanol–water partition coefficient (Wildman–Crippen LogP) is 4.46. The summed E-state index contributed by atoms with van der Waals surface area (Å²) < 4.78 is 68.7. The minimum atomic E-state index is -4.81. The second-order valence-corrected chi connectivity index (χ2v) is 10.0. The number of nitrogens with one attached hydrogen (secondary N) is 1. The van der Waals surface area contributed by atoms with E-state index in [4.69, 9.17) is 11.6 Å². The fourth-order valence-corrected chi connectivity index (χ4v) is 5.16. The second kappa shape index (κ2) is 9.36. The van der Waals surface area contributed by atoms with Gasteiger partial charge in [-0.3, -0.25) is 4.79 Å². The van der Waals surface area contributed by atoms with Crippen molar-refractivity contribution in [3.63, 3.8) is 0 Å². The van der Waals surface area contributed by atoms with E-state index in [2.05, 4.69) is 9.71 Å². The molecule has 2 heterocycles. The van der Waals surface area contributed by atoms with Crippen molar-refractivity contribution in [2.45, 2.75) is 49.7 Å². The first-order chi connectivity index (χ1) is 14.9. The number of nitrogens with zero attached hydrogens (tertiary/aromatic N) is 2. The Morgan fingerprint density at radius 2 is 1.84 bits per heavy atom. The van der Waals surface area contributed by atoms with E-state index in [1.54, 1.807) is 24.8 Å². The van der Waals surface area contributed by atoms with E-state index in [-0.39, 0.29) is 42.9 Å². The first-order valence-electron chi connectivity index (χ1n) is 10.0. The van der Waals surface area contributed by atoms with Crippen LogP contribution in [0.25, 0.3) is 0 Å². The number of carbonyl (C=O) groups excluding carboxylic acids is 1. The van der Waals surface area contributed by atoms with E-state index in [9.17, 15) is 26.4 Å². The third kappa shape index (κ3) is 5.60. The summed E-state index contributed by atoms with van der Waals surface area (Å²) in [4.78, 5) is 17.2. The van der Waals surface area contributed by atoms with Gasteiger partial charge in [0.1, 0.15) is 5.15 Å². The summed E-state index contributed by atoms with van der Waals surface area (Å²) in [6, 6.07) is 5.76. The van der Waals surface area contributed by atoms with Crippen LogP contribution in [0.4, 0.5) is 13.2 Å². The monoisotopic (exact) mass is 489 g/mol.